The van der Waals surface area contributed by atoms with Gasteiger partial charge in [-0.05, 0) is 36.1 Å². The maximum atomic E-state index is 5.95. The van der Waals surface area contributed by atoms with Gasteiger partial charge in [-0.1, -0.05) is 42.5 Å². The number of fused-ring (bicyclic) bond motifs is 1. The van der Waals surface area contributed by atoms with Gasteiger partial charge >= 0.3 is 0 Å². The minimum absolute atomic E-state index is 0.810. The van der Waals surface area contributed by atoms with Gasteiger partial charge in [-0.3, -0.25) is 0 Å². The number of rotatable bonds is 2. The second-order valence-corrected chi connectivity index (χ2v) is 4.72. The van der Waals surface area contributed by atoms with E-state index in [0.29, 0.717) is 0 Å². The molecule has 0 radical (unpaired) electrons. The average Bonchev–Trinajstić information content (AvgIpc) is 2.43. The molecule has 0 aliphatic heterocycles. The highest BCUT2D eigenvalue weighted by Crippen LogP contribution is 2.27. The van der Waals surface area contributed by atoms with Gasteiger partial charge in [-0.15, -0.1) is 0 Å². The zero-order valence-electron chi connectivity index (χ0n) is 10.9. The van der Waals surface area contributed by atoms with Crippen LogP contribution >= 0.6 is 0 Å². The summed E-state index contributed by atoms with van der Waals surface area (Å²) in [6.07, 6.45) is 0. The van der Waals surface area contributed by atoms with Gasteiger partial charge < -0.3 is 11.1 Å². The molecule has 0 aliphatic rings. The molecule has 0 aromatic heterocycles. The Kier molecular flexibility index (Phi) is 2.84. The molecule has 3 aromatic carbocycles. The molecular weight excluding hydrogens is 232 g/mol. The van der Waals surface area contributed by atoms with E-state index in [9.17, 15) is 0 Å². The van der Waals surface area contributed by atoms with E-state index in [2.05, 4.69) is 47.8 Å². The second-order valence-electron chi connectivity index (χ2n) is 4.72. The van der Waals surface area contributed by atoms with Crippen LogP contribution in [-0.4, -0.2) is 0 Å². The van der Waals surface area contributed by atoms with Crippen LogP contribution in [0.2, 0.25) is 0 Å². The molecular formula is C17H16N2. The van der Waals surface area contributed by atoms with E-state index in [4.69, 9.17) is 5.73 Å². The first kappa shape index (κ1) is 11.6. The van der Waals surface area contributed by atoms with E-state index in [1.54, 1.807) is 0 Å². The minimum Gasteiger partial charge on any atom is -0.398 e. The first-order chi connectivity index (χ1) is 9.24. The van der Waals surface area contributed by atoms with E-state index >= 15 is 0 Å². The molecule has 94 valence electrons. The van der Waals surface area contributed by atoms with Crippen LogP contribution in [0, 0.1) is 6.92 Å². The predicted octanol–water partition coefficient (Wildman–Crippen LogP) is 4.47. The van der Waals surface area contributed by atoms with Crippen molar-refractivity contribution in [1.82, 2.24) is 0 Å². The van der Waals surface area contributed by atoms with Crippen molar-refractivity contribution in [3.63, 3.8) is 0 Å². The van der Waals surface area contributed by atoms with E-state index in [1.165, 1.54) is 10.8 Å². The molecule has 0 saturated heterocycles. The third-order valence-corrected chi connectivity index (χ3v) is 3.35. The lowest BCUT2D eigenvalue weighted by atomic mass is 10.1. The number of hydrogen-bond acceptors (Lipinski definition) is 2. The summed E-state index contributed by atoms with van der Waals surface area (Å²) in [6.45, 7) is 2.01. The van der Waals surface area contributed by atoms with Crippen molar-refractivity contribution in [2.75, 3.05) is 11.1 Å². The van der Waals surface area contributed by atoms with E-state index in [-0.39, 0.29) is 0 Å². The zero-order chi connectivity index (χ0) is 13.2. The molecule has 0 heterocycles. The predicted molar refractivity (Wildman–Crippen MR) is 82.8 cm³/mol. The lowest BCUT2D eigenvalue weighted by Crippen LogP contribution is -1.95. The van der Waals surface area contributed by atoms with Gasteiger partial charge in [0.15, 0.2) is 0 Å². The van der Waals surface area contributed by atoms with Gasteiger partial charge in [0.25, 0.3) is 0 Å². The molecule has 2 heteroatoms. The van der Waals surface area contributed by atoms with Gasteiger partial charge in [0.2, 0.25) is 0 Å². The summed E-state index contributed by atoms with van der Waals surface area (Å²) in [5.41, 5.74) is 9.97. The van der Waals surface area contributed by atoms with E-state index < -0.39 is 0 Å². The number of nitrogens with two attached hydrogens (primary N) is 1. The zero-order valence-corrected chi connectivity index (χ0v) is 10.9. The van der Waals surface area contributed by atoms with Gasteiger partial charge in [0.1, 0.15) is 0 Å². The summed E-state index contributed by atoms with van der Waals surface area (Å²) in [6, 6.07) is 20.6. The Labute approximate surface area is 112 Å². The van der Waals surface area contributed by atoms with Crippen molar-refractivity contribution in [2.24, 2.45) is 0 Å². The van der Waals surface area contributed by atoms with Gasteiger partial charge in [0.05, 0.1) is 0 Å². The maximum Gasteiger partial charge on any atom is 0.0463 e. The molecule has 0 saturated carbocycles. The molecule has 0 amide bonds. The molecule has 0 spiro atoms. The van der Waals surface area contributed by atoms with Crippen LogP contribution in [0.15, 0.2) is 60.7 Å². The van der Waals surface area contributed by atoms with Crippen molar-refractivity contribution in [3.8, 4) is 0 Å². The van der Waals surface area contributed by atoms with Crippen molar-refractivity contribution in [1.29, 1.82) is 0 Å². The second kappa shape index (κ2) is 4.65. The minimum atomic E-state index is 0.810. The van der Waals surface area contributed by atoms with Gasteiger partial charge in [-0.25, -0.2) is 0 Å². The van der Waals surface area contributed by atoms with Crippen LogP contribution in [0.3, 0.4) is 0 Å². The molecule has 3 rings (SSSR count). The van der Waals surface area contributed by atoms with Crippen molar-refractivity contribution < 1.29 is 0 Å². The monoisotopic (exact) mass is 248 g/mol. The molecule has 19 heavy (non-hydrogen) atoms. The quantitative estimate of drug-likeness (QED) is 0.656. The summed E-state index contributed by atoms with van der Waals surface area (Å²) in [7, 11) is 0. The topological polar surface area (TPSA) is 38.0 Å². The number of anilines is 3. The van der Waals surface area contributed by atoms with Gasteiger partial charge in [0, 0.05) is 22.4 Å². The molecule has 0 atom stereocenters. The lowest BCUT2D eigenvalue weighted by Gasteiger charge is -2.11. The Bertz CT molecular complexity index is 727. The number of nitrogen functional groups attached to an aromatic ring is 1. The van der Waals surface area contributed by atoms with Crippen LogP contribution in [0.1, 0.15) is 5.56 Å². The highest BCUT2D eigenvalue weighted by atomic mass is 14.9. The fraction of sp³-hybridized carbons (Fsp3) is 0.0588. The summed E-state index contributed by atoms with van der Waals surface area (Å²) >= 11 is 0. The van der Waals surface area contributed by atoms with Crippen molar-refractivity contribution in [3.05, 3.63) is 66.2 Å². The number of nitrogens with one attached hydrogen (secondary N) is 1. The number of benzene rings is 3. The van der Waals surface area contributed by atoms with Crippen LogP contribution in [0.4, 0.5) is 17.1 Å². The fourth-order valence-electron chi connectivity index (χ4n) is 2.21. The first-order valence-electron chi connectivity index (χ1n) is 6.35. The Hall–Kier alpha value is -2.48. The summed E-state index contributed by atoms with van der Waals surface area (Å²) in [5.74, 6) is 0. The van der Waals surface area contributed by atoms with Crippen LogP contribution < -0.4 is 11.1 Å². The van der Waals surface area contributed by atoms with Gasteiger partial charge in [-0.2, -0.15) is 0 Å². The number of hydrogen-bond donors (Lipinski definition) is 2. The Morgan fingerprint density at radius 2 is 1.68 bits per heavy atom. The number of aryl methyl sites for hydroxylation is 1. The Balaban J connectivity index is 2.03. The molecule has 0 unspecified atom stereocenters. The third-order valence-electron chi connectivity index (χ3n) is 3.35. The normalized spacial score (nSPS) is 10.6. The summed E-state index contributed by atoms with van der Waals surface area (Å²) in [5, 5.41) is 5.88. The van der Waals surface area contributed by atoms with Crippen LogP contribution in [-0.2, 0) is 0 Å². The molecule has 2 nitrogen and oxygen atoms in total. The SMILES string of the molecule is Cc1ccc(Nc2cccc3ccccc23)cc1N. The third kappa shape index (κ3) is 2.25. The molecule has 0 fully saturated rings. The Morgan fingerprint density at radius 1 is 0.895 bits per heavy atom. The highest BCUT2D eigenvalue weighted by Gasteiger charge is 2.01. The smallest absolute Gasteiger partial charge is 0.0463 e. The molecule has 3 aromatic rings. The van der Waals surface area contributed by atoms with Crippen LogP contribution in [0.5, 0.6) is 0 Å². The fourth-order valence-corrected chi connectivity index (χ4v) is 2.21. The van der Waals surface area contributed by atoms with Crippen molar-refractivity contribution >= 4 is 27.8 Å². The highest BCUT2D eigenvalue weighted by molar-refractivity contribution is 5.95. The molecule has 0 bridgehead atoms. The largest absolute Gasteiger partial charge is 0.398 e. The summed E-state index contributed by atoms with van der Waals surface area (Å²) in [4.78, 5) is 0. The van der Waals surface area contributed by atoms with E-state index in [1.807, 2.05) is 25.1 Å². The molecule has 0 aliphatic carbocycles. The summed E-state index contributed by atoms with van der Waals surface area (Å²) < 4.78 is 0. The standard InChI is InChI=1S/C17H16N2/c1-12-9-10-14(11-16(12)18)19-17-8-4-6-13-5-2-3-7-15(13)17/h2-11,19H,18H2,1H3. The maximum absolute atomic E-state index is 5.95. The van der Waals surface area contributed by atoms with Crippen molar-refractivity contribution in [2.45, 2.75) is 6.92 Å². The van der Waals surface area contributed by atoms with E-state index in [0.717, 1.165) is 22.6 Å². The van der Waals surface area contributed by atoms with Crippen LogP contribution in [0.25, 0.3) is 10.8 Å². The molecule has 3 N–H and O–H groups in total. The Morgan fingerprint density at radius 3 is 2.53 bits per heavy atom. The first-order valence-corrected chi connectivity index (χ1v) is 6.35. The lowest BCUT2D eigenvalue weighted by molar-refractivity contribution is 1.46. The average molecular weight is 248 g/mol.